The molecule has 0 saturated heterocycles. The van der Waals surface area contributed by atoms with Gasteiger partial charge in [-0.25, -0.2) is 4.68 Å². The summed E-state index contributed by atoms with van der Waals surface area (Å²) in [6.45, 7) is 3.43. The van der Waals surface area contributed by atoms with E-state index in [1.54, 1.807) is 7.05 Å². The molecule has 3 heterocycles. The van der Waals surface area contributed by atoms with Gasteiger partial charge in [-0.3, -0.25) is 9.39 Å². The van der Waals surface area contributed by atoms with E-state index in [2.05, 4.69) is 56.2 Å². The van der Waals surface area contributed by atoms with E-state index in [4.69, 9.17) is 0 Å². The van der Waals surface area contributed by atoms with E-state index in [0.717, 1.165) is 48.2 Å². The highest BCUT2D eigenvalue weighted by Crippen LogP contribution is 2.13. The van der Waals surface area contributed by atoms with Crippen LogP contribution in [0.1, 0.15) is 23.5 Å². The SMILES string of the molecule is CN=C(NCCCc1cn(-c2ccccc2)nc1C)NCc1nnc2ccccn12. The van der Waals surface area contributed by atoms with Crippen molar-refractivity contribution in [2.75, 3.05) is 13.6 Å². The fraction of sp³-hybridized carbons (Fsp3) is 0.273. The molecule has 3 aromatic heterocycles. The van der Waals surface area contributed by atoms with Gasteiger partial charge in [-0.05, 0) is 49.6 Å². The van der Waals surface area contributed by atoms with Crippen molar-refractivity contribution in [2.24, 2.45) is 4.99 Å². The van der Waals surface area contributed by atoms with Crippen LogP contribution in [-0.2, 0) is 13.0 Å². The highest BCUT2D eigenvalue weighted by molar-refractivity contribution is 5.79. The number of aromatic nitrogens is 5. The van der Waals surface area contributed by atoms with Crippen molar-refractivity contribution < 1.29 is 0 Å². The minimum Gasteiger partial charge on any atom is -0.356 e. The van der Waals surface area contributed by atoms with Gasteiger partial charge < -0.3 is 10.6 Å². The quantitative estimate of drug-likeness (QED) is 0.282. The number of pyridine rings is 1. The first-order valence-electron chi connectivity index (χ1n) is 10.1. The van der Waals surface area contributed by atoms with Crippen LogP contribution in [0, 0.1) is 6.92 Å². The van der Waals surface area contributed by atoms with Crippen LogP contribution in [0.25, 0.3) is 11.3 Å². The Hall–Kier alpha value is -3.68. The number of rotatable bonds is 7. The van der Waals surface area contributed by atoms with Crippen LogP contribution in [0.15, 0.2) is 65.9 Å². The van der Waals surface area contributed by atoms with Gasteiger partial charge in [0.1, 0.15) is 0 Å². The summed E-state index contributed by atoms with van der Waals surface area (Å²) >= 11 is 0. The second-order valence-corrected chi connectivity index (χ2v) is 7.02. The molecule has 0 bridgehead atoms. The number of hydrogen-bond acceptors (Lipinski definition) is 4. The summed E-state index contributed by atoms with van der Waals surface area (Å²) in [5, 5.41) is 19.7. The van der Waals surface area contributed by atoms with E-state index in [1.807, 2.05) is 51.7 Å². The lowest BCUT2D eigenvalue weighted by Crippen LogP contribution is -2.37. The van der Waals surface area contributed by atoms with Crippen LogP contribution in [0.5, 0.6) is 0 Å². The lowest BCUT2D eigenvalue weighted by Gasteiger charge is -2.11. The summed E-state index contributed by atoms with van der Waals surface area (Å²) in [5.74, 6) is 1.59. The van der Waals surface area contributed by atoms with Crippen molar-refractivity contribution in [2.45, 2.75) is 26.3 Å². The van der Waals surface area contributed by atoms with Gasteiger partial charge >= 0.3 is 0 Å². The summed E-state index contributed by atoms with van der Waals surface area (Å²) in [6.07, 6.45) is 6.02. The fourth-order valence-electron chi connectivity index (χ4n) is 3.33. The number of benzene rings is 1. The molecule has 0 radical (unpaired) electrons. The highest BCUT2D eigenvalue weighted by Gasteiger charge is 2.08. The Labute approximate surface area is 175 Å². The summed E-state index contributed by atoms with van der Waals surface area (Å²) in [4.78, 5) is 4.29. The molecule has 0 aliphatic rings. The largest absolute Gasteiger partial charge is 0.356 e. The maximum absolute atomic E-state index is 4.64. The monoisotopic (exact) mass is 402 g/mol. The standard InChI is InChI=1S/C22H26N8/c1-17-18(16-30(28-17)19-10-4-3-5-11-19)9-8-13-24-22(23-2)25-15-21-27-26-20-12-6-7-14-29(20)21/h3-7,10-12,14,16H,8-9,13,15H2,1-2H3,(H2,23,24,25). The average Bonchev–Trinajstić information content (AvgIpc) is 3.37. The molecule has 1 aromatic carbocycles. The van der Waals surface area contributed by atoms with Crippen molar-refractivity contribution >= 4 is 11.6 Å². The van der Waals surface area contributed by atoms with Crippen molar-refractivity contribution in [3.8, 4) is 5.69 Å². The molecule has 154 valence electrons. The molecule has 0 unspecified atom stereocenters. The third kappa shape index (κ3) is 4.48. The van der Waals surface area contributed by atoms with E-state index in [9.17, 15) is 0 Å². The molecular weight excluding hydrogens is 376 g/mol. The maximum Gasteiger partial charge on any atom is 0.191 e. The molecule has 2 N–H and O–H groups in total. The van der Waals surface area contributed by atoms with Gasteiger partial charge in [-0.2, -0.15) is 5.10 Å². The van der Waals surface area contributed by atoms with Gasteiger partial charge in [0, 0.05) is 26.0 Å². The lowest BCUT2D eigenvalue weighted by atomic mass is 10.1. The van der Waals surface area contributed by atoms with E-state index in [0.29, 0.717) is 6.54 Å². The summed E-state index contributed by atoms with van der Waals surface area (Å²) in [5.41, 5.74) is 4.25. The molecule has 0 atom stereocenters. The number of guanidine groups is 1. The minimum atomic E-state index is 0.549. The predicted molar refractivity (Wildman–Crippen MR) is 118 cm³/mol. The number of fused-ring (bicyclic) bond motifs is 1. The van der Waals surface area contributed by atoms with Crippen molar-refractivity contribution in [1.82, 2.24) is 35.0 Å². The van der Waals surface area contributed by atoms with Gasteiger partial charge in [0.15, 0.2) is 17.4 Å². The second-order valence-electron chi connectivity index (χ2n) is 7.02. The molecule has 0 fully saturated rings. The third-order valence-electron chi connectivity index (χ3n) is 4.96. The smallest absolute Gasteiger partial charge is 0.191 e. The normalized spacial score (nSPS) is 11.7. The van der Waals surface area contributed by atoms with Crippen LogP contribution >= 0.6 is 0 Å². The van der Waals surface area contributed by atoms with Gasteiger partial charge in [-0.1, -0.05) is 24.3 Å². The number of hydrogen-bond donors (Lipinski definition) is 2. The Morgan fingerprint density at radius 3 is 2.70 bits per heavy atom. The van der Waals surface area contributed by atoms with Crippen molar-refractivity contribution in [3.63, 3.8) is 0 Å². The van der Waals surface area contributed by atoms with Gasteiger partial charge in [0.25, 0.3) is 0 Å². The topological polar surface area (TPSA) is 84.4 Å². The minimum absolute atomic E-state index is 0.549. The highest BCUT2D eigenvalue weighted by atomic mass is 15.3. The first kappa shape index (κ1) is 19.6. The molecule has 4 aromatic rings. The predicted octanol–water partition coefficient (Wildman–Crippen LogP) is 2.52. The number of nitrogens with zero attached hydrogens (tertiary/aromatic N) is 6. The molecular formula is C22H26N8. The Balaban J connectivity index is 1.26. The zero-order valence-corrected chi connectivity index (χ0v) is 17.3. The maximum atomic E-state index is 4.64. The second kappa shape index (κ2) is 9.21. The Bertz CT molecular complexity index is 1130. The van der Waals surface area contributed by atoms with Crippen LogP contribution < -0.4 is 10.6 Å². The number of aliphatic imine (C=N–C) groups is 1. The molecule has 8 heteroatoms. The molecule has 0 aliphatic heterocycles. The summed E-state index contributed by atoms with van der Waals surface area (Å²) < 4.78 is 3.91. The average molecular weight is 403 g/mol. The fourth-order valence-corrected chi connectivity index (χ4v) is 3.33. The molecule has 0 amide bonds. The third-order valence-corrected chi connectivity index (χ3v) is 4.96. The van der Waals surface area contributed by atoms with E-state index < -0.39 is 0 Å². The Kier molecular flexibility index (Phi) is 6.03. The van der Waals surface area contributed by atoms with Crippen molar-refractivity contribution in [1.29, 1.82) is 0 Å². The van der Waals surface area contributed by atoms with E-state index in [1.165, 1.54) is 5.56 Å². The van der Waals surface area contributed by atoms with Crippen LogP contribution in [0.4, 0.5) is 0 Å². The molecule has 4 rings (SSSR count). The first-order chi connectivity index (χ1) is 14.7. The van der Waals surface area contributed by atoms with Crippen molar-refractivity contribution in [3.05, 3.63) is 78.0 Å². The van der Waals surface area contributed by atoms with E-state index in [-0.39, 0.29) is 0 Å². The summed E-state index contributed by atoms with van der Waals surface area (Å²) in [7, 11) is 1.77. The van der Waals surface area contributed by atoms with Crippen LogP contribution in [0.3, 0.4) is 0 Å². The Morgan fingerprint density at radius 2 is 1.87 bits per heavy atom. The lowest BCUT2D eigenvalue weighted by molar-refractivity contribution is 0.726. The number of nitrogens with one attached hydrogen (secondary N) is 2. The molecule has 0 saturated carbocycles. The van der Waals surface area contributed by atoms with Crippen LogP contribution in [0.2, 0.25) is 0 Å². The van der Waals surface area contributed by atoms with E-state index >= 15 is 0 Å². The zero-order valence-electron chi connectivity index (χ0n) is 17.3. The molecule has 30 heavy (non-hydrogen) atoms. The number of para-hydroxylation sites is 1. The number of aryl methyl sites for hydroxylation is 2. The first-order valence-corrected chi connectivity index (χ1v) is 10.1. The molecule has 0 aliphatic carbocycles. The molecule has 8 nitrogen and oxygen atoms in total. The van der Waals surface area contributed by atoms with Crippen LogP contribution in [-0.4, -0.2) is 43.9 Å². The summed E-state index contributed by atoms with van der Waals surface area (Å²) in [6, 6.07) is 16.0. The van der Waals surface area contributed by atoms with Gasteiger partial charge in [0.05, 0.1) is 17.9 Å². The zero-order chi connectivity index (χ0) is 20.8. The Morgan fingerprint density at radius 1 is 1.03 bits per heavy atom. The van der Waals surface area contributed by atoms with Gasteiger partial charge in [-0.15, -0.1) is 10.2 Å². The molecule has 0 spiro atoms. The van der Waals surface area contributed by atoms with Gasteiger partial charge in [0.2, 0.25) is 0 Å².